The molecule has 0 saturated heterocycles. The quantitative estimate of drug-likeness (QED) is 0.694. The van der Waals surface area contributed by atoms with Crippen LogP contribution < -0.4 is 9.47 Å². The third kappa shape index (κ3) is 3.54. The molecule has 1 N–H and O–H groups in total. The molecule has 0 saturated carbocycles. The summed E-state index contributed by atoms with van der Waals surface area (Å²) >= 11 is 6.10. The number of rotatable bonds is 5. The zero-order valence-electron chi connectivity index (χ0n) is 16.0. The van der Waals surface area contributed by atoms with Gasteiger partial charge in [-0.25, -0.2) is 0 Å². The zero-order valence-corrected chi connectivity index (χ0v) is 16.8. The number of nitrogens with one attached hydrogen (secondary N) is 1. The van der Waals surface area contributed by atoms with Crippen molar-refractivity contribution in [3.63, 3.8) is 0 Å². The van der Waals surface area contributed by atoms with Crippen molar-refractivity contribution in [2.45, 2.75) is 25.8 Å². The molecule has 2 heterocycles. The van der Waals surface area contributed by atoms with Crippen molar-refractivity contribution >= 4 is 28.4 Å². The topological polar surface area (TPSA) is 54.6 Å². The van der Waals surface area contributed by atoms with E-state index in [0.717, 1.165) is 29.4 Å². The predicted octanol–water partition coefficient (Wildman–Crippen LogP) is 4.36. The highest BCUT2D eigenvalue weighted by Crippen LogP contribution is 2.30. The third-order valence-corrected chi connectivity index (χ3v) is 5.60. The average molecular weight is 399 g/mol. The zero-order chi connectivity index (χ0) is 19.7. The first kappa shape index (κ1) is 18.7. The number of amides is 1. The van der Waals surface area contributed by atoms with Gasteiger partial charge in [-0.3, -0.25) is 4.79 Å². The van der Waals surface area contributed by atoms with Crippen LogP contribution in [0.15, 0.2) is 36.4 Å². The number of halogens is 1. The summed E-state index contributed by atoms with van der Waals surface area (Å²) in [5, 5.41) is 1.87. The lowest BCUT2D eigenvalue weighted by atomic mass is 10.0. The normalized spacial score (nSPS) is 13.5. The van der Waals surface area contributed by atoms with Crippen molar-refractivity contribution in [3.05, 3.63) is 58.2 Å². The maximum atomic E-state index is 12.8. The fourth-order valence-corrected chi connectivity index (χ4v) is 4.02. The Hall–Kier alpha value is -2.66. The Labute approximate surface area is 169 Å². The Morgan fingerprint density at radius 1 is 1.14 bits per heavy atom. The van der Waals surface area contributed by atoms with E-state index in [1.165, 1.54) is 11.3 Å². The summed E-state index contributed by atoms with van der Waals surface area (Å²) in [5.41, 5.74) is 4.51. The highest BCUT2D eigenvalue weighted by molar-refractivity contribution is 6.31. The van der Waals surface area contributed by atoms with E-state index in [1.807, 2.05) is 41.3 Å². The maximum absolute atomic E-state index is 12.8. The molecule has 146 valence electrons. The standard InChI is InChI=1S/C22H23ClN2O3/c1-27-20-7-3-14(11-21(20)28-2)4-8-22(26)25-10-9-18-17(13-25)16-6-5-15(23)12-19(16)24-18/h3,5-7,11-12,24H,4,8-10,13H2,1-2H3. The van der Waals surface area contributed by atoms with E-state index in [0.29, 0.717) is 35.9 Å². The number of aromatic amines is 1. The van der Waals surface area contributed by atoms with Gasteiger partial charge in [-0.15, -0.1) is 0 Å². The average Bonchev–Trinajstić information content (AvgIpc) is 3.08. The molecule has 6 heteroatoms. The predicted molar refractivity (Wildman–Crippen MR) is 110 cm³/mol. The molecule has 5 nitrogen and oxygen atoms in total. The molecule has 1 amide bonds. The van der Waals surface area contributed by atoms with Crippen molar-refractivity contribution in [1.82, 2.24) is 9.88 Å². The van der Waals surface area contributed by atoms with E-state index in [9.17, 15) is 4.79 Å². The second-order valence-electron chi connectivity index (χ2n) is 7.03. The van der Waals surface area contributed by atoms with Crippen molar-refractivity contribution in [2.24, 2.45) is 0 Å². The molecular formula is C22H23ClN2O3. The van der Waals surface area contributed by atoms with Gasteiger partial charge in [-0.2, -0.15) is 0 Å². The number of carbonyl (C=O) groups excluding carboxylic acids is 1. The van der Waals surface area contributed by atoms with Crippen LogP contribution in [0.3, 0.4) is 0 Å². The number of ether oxygens (including phenoxy) is 2. The minimum atomic E-state index is 0.170. The van der Waals surface area contributed by atoms with Gasteiger partial charge in [-0.1, -0.05) is 23.7 Å². The Kier molecular flexibility index (Phi) is 5.18. The lowest BCUT2D eigenvalue weighted by molar-refractivity contribution is -0.132. The first-order valence-corrected chi connectivity index (χ1v) is 9.74. The van der Waals surface area contributed by atoms with Gasteiger partial charge < -0.3 is 19.4 Å². The van der Waals surface area contributed by atoms with Crippen LogP contribution in [-0.4, -0.2) is 36.6 Å². The Bertz CT molecular complexity index is 1030. The van der Waals surface area contributed by atoms with E-state index < -0.39 is 0 Å². The molecule has 3 aromatic rings. The number of hydrogen-bond donors (Lipinski definition) is 1. The minimum absolute atomic E-state index is 0.170. The van der Waals surface area contributed by atoms with Crippen LogP contribution in [0.4, 0.5) is 0 Å². The Morgan fingerprint density at radius 3 is 2.75 bits per heavy atom. The molecule has 0 bridgehead atoms. The number of benzene rings is 2. The van der Waals surface area contributed by atoms with E-state index >= 15 is 0 Å². The van der Waals surface area contributed by atoms with E-state index in [2.05, 4.69) is 4.98 Å². The molecule has 0 radical (unpaired) electrons. The first-order valence-electron chi connectivity index (χ1n) is 9.36. The van der Waals surface area contributed by atoms with E-state index in [1.54, 1.807) is 14.2 Å². The first-order chi connectivity index (χ1) is 13.6. The Balaban J connectivity index is 1.44. The summed E-state index contributed by atoms with van der Waals surface area (Å²) in [6.07, 6.45) is 1.98. The van der Waals surface area contributed by atoms with Gasteiger partial charge in [0.25, 0.3) is 0 Å². The molecule has 1 aliphatic rings. The number of aromatic nitrogens is 1. The molecule has 0 spiro atoms. The molecule has 4 rings (SSSR count). The summed E-state index contributed by atoms with van der Waals surface area (Å²) in [5.74, 6) is 1.55. The molecule has 1 aromatic heterocycles. The molecular weight excluding hydrogens is 376 g/mol. The lowest BCUT2D eigenvalue weighted by Gasteiger charge is -2.27. The van der Waals surface area contributed by atoms with Gasteiger partial charge in [0.15, 0.2) is 11.5 Å². The molecule has 0 atom stereocenters. The third-order valence-electron chi connectivity index (χ3n) is 5.37. The molecule has 1 aliphatic heterocycles. The summed E-state index contributed by atoms with van der Waals surface area (Å²) in [6.45, 7) is 1.38. The number of nitrogens with zero attached hydrogens (tertiary/aromatic N) is 1. The highest BCUT2D eigenvalue weighted by Gasteiger charge is 2.24. The largest absolute Gasteiger partial charge is 0.493 e. The van der Waals surface area contributed by atoms with Gasteiger partial charge in [-0.05, 0) is 36.2 Å². The summed E-state index contributed by atoms with van der Waals surface area (Å²) < 4.78 is 10.6. The van der Waals surface area contributed by atoms with Crippen molar-refractivity contribution in [2.75, 3.05) is 20.8 Å². The molecule has 0 fully saturated rings. The van der Waals surface area contributed by atoms with Gasteiger partial charge in [0.1, 0.15) is 0 Å². The van der Waals surface area contributed by atoms with Crippen molar-refractivity contribution in [3.8, 4) is 11.5 Å². The lowest BCUT2D eigenvalue weighted by Crippen LogP contribution is -2.35. The minimum Gasteiger partial charge on any atom is -0.493 e. The van der Waals surface area contributed by atoms with Gasteiger partial charge in [0.05, 0.1) is 14.2 Å². The number of hydrogen-bond acceptors (Lipinski definition) is 3. The number of H-pyrrole nitrogens is 1. The van der Waals surface area contributed by atoms with Crippen LogP contribution in [0.5, 0.6) is 11.5 Å². The summed E-state index contributed by atoms with van der Waals surface area (Å²) in [7, 11) is 3.23. The van der Waals surface area contributed by atoms with Crippen molar-refractivity contribution < 1.29 is 14.3 Å². The van der Waals surface area contributed by atoms with Gasteiger partial charge in [0.2, 0.25) is 5.91 Å². The molecule has 2 aromatic carbocycles. The molecule has 28 heavy (non-hydrogen) atoms. The van der Waals surface area contributed by atoms with Gasteiger partial charge in [0, 0.05) is 53.1 Å². The summed E-state index contributed by atoms with van der Waals surface area (Å²) in [6, 6.07) is 11.7. The Morgan fingerprint density at radius 2 is 1.96 bits per heavy atom. The van der Waals surface area contributed by atoms with Crippen molar-refractivity contribution in [1.29, 1.82) is 0 Å². The maximum Gasteiger partial charge on any atom is 0.223 e. The van der Waals surface area contributed by atoms with E-state index in [4.69, 9.17) is 21.1 Å². The number of fused-ring (bicyclic) bond motifs is 3. The smallest absolute Gasteiger partial charge is 0.223 e. The van der Waals surface area contributed by atoms with E-state index in [-0.39, 0.29) is 5.91 Å². The fourth-order valence-electron chi connectivity index (χ4n) is 3.85. The second kappa shape index (κ2) is 7.76. The molecule has 0 aliphatic carbocycles. The number of methoxy groups -OCH3 is 2. The SMILES string of the molecule is COc1ccc(CCC(=O)N2CCc3[nH]c4cc(Cl)ccc4c3C2)cc1OC. The van der Waals surface area contributed by atoms with Crippen LogP contribution in [0.25, 0.3) is 10.9 Å². The van der Waals surface area contributed by atoms with Crippen LogP contribution >= 0.6 is 11.6 Å². The molecule has 0 unspecified atom stereocenters. The fraction of sp³-hybridized carbons (Fsp3) is 0.318. The summed E-state index contributed by atoms with van der Waals surface area (Å²) in [4.78, 5) is 18.2. The van der Waals surface area contributed by atoms with Crippen LogP contribution in [0.1, 0.15) is 23.2 Å². The van der Waals surface area contributed by atoms with Gasteiger partial charge >= 0.3 is 0 Å². The highest BCUT2D eigenvalue weighted by atomic mass is 35.5. The van der Waals surface area contributed by atoms with Crippen LogP contribution in [0.2, 0.25) is 5.02 Å². The monoisotopic (exact) mass is 398 g/mol. The second-order valence-corrected chi connectivity index (χ2v) is 7.46. The number of carbonyl (C=O) groups is 1. The van der Waals surface area contributed by atoms with Crippen LogP contribution in [0, 0.1) is 0 Å². The number of aryl methyl sites for hydroxylation is 1. The van der Waals surface area contributed by atoms with Crippen LogP contribution in [-0.2, 0) is 24.2 Å².